The molecule has 1 saturated heterocycles. The molecule has 1 aliphatic heterocycles. The van der Waals surface area contributed by atoms with Gasteiger partial charge < -0.3 is 4.90 Å². The predicted molar refractivity (Wildman–Crippen MR) is 70.4 cm³/mol. The lowest BCUT2D eigenvalue weighted by Gasteiger charge is -2.37. The van der Waals surface area contributed by atoms with Crippen LogP contribution in [0.2, 0.25) is 0 Å². The molecule has 2 fully saturated rings. The van der Waals surface area contributed by atoms with Gasteiger partial charge in [-0.15, -0.1) is 0 Å². The van der Waals surface area contributed by atoms with Gasteiger partial charge in [-0.05, 0) is 30.7 Å². The van der Waals surface area contributed by atoms with E-state index in [-0.39, 0.29) is 0 Å². The number of hydrogen-bond acceptors (Lipinski definition) is 4. The van der Waals surface area contributed by atoms with E-state index in [1.165, 1.54) is 25.7 Å². The van der Waals surface area contributed by atoms with Gasteiger partial charge in [0.05, 0.1) is 11.7 Å². The second-order valence-corrected chi connectivity index (χ2v) is 5.63. The molecule has 1 aliphatic carbocycles. The van der Waals surface area contributed by atoms with Crippen molar-refractivity contribution >= 4 is 16.9 Å². The molecule has 0 amide bonds. The fourth-order valence-corrected chi connectivity index (χ4v) is 3.21. The fraction of sp³-hybridized carbons (Fsp3) is 0.500. The zero-order chi connectivity index (χ0) is 12.0. The highest BCUT2D eigenvalue weighted by molar-refractivity contribution is 5.77. The first-order chi connectivity index (χ1) is 8.85. The maximum absolute atomic E-state index is 4.63. The highest BCUT2D eigenvalue weighted by atomic mass is 15.3. The number of hydrogen-bond donors (Lipinski definition) is 0. The summed E-state index contributed by atoms with van der Waals surface area (Å²) in [5, 5.41) is 1.06. The van der Waals surface area contributed by atoms with Gasteiger partial charge in [0.2, 0.25) is 5.95 Å². The Labute approximate surface area is 106 Å². The van der Waals surface area contributed by atoms with Gasteiger partial charge in [-0.1, -0.05) is 6.42 Å². The van der Waals surface area contributed by atoms with E-state index in [0.717, 1.165) is 29.9 Å². The summed E-state index contributed by atoms with van der Waals surface area (Å²) in [5.74, 6) is 0.874. The summed E-state index contributed by atoms with van der Waals surface area (Å²) in [6, 6.07) is 1.95. The normalized spacial score (nSPS) is 21.4. The summed E-state index contributed by atoms with van der Waals surface area (Å²) in [5.41, 5.74) is 1.53. The van der Waals surface area contributed by atoms with Crippen LogP contribution in [0.3, 0.4) is 0 Å². The third kappa shape index (κ3) is 1.48. The first kappa shape index (κ1) is 10.2. The molecule has 0 aromatic carbocycles. The topological polar surface area (TPSA) is 41.9 Å². The van der Waals surface area contributed by atoms with E-state index in [1.54, 1.807) is 6.20 Å². The van der Waals surface area contributed by atoms with Crippen molar-refractivity contribution in [1.82, 2.24) is 15.0 Å². The van der Waals surface area contributed by atoms with Crippen LogP contribution < -0.4 is 4.90 Å². The molecule has 3 heterocycles. The third-order valence-corrected chi connectivity index (χ3v) is 4.51. The molecule has 0 N–H and O–H groups in total. The first-order valence-electron chi connectivity index (χ1n) is 6.67. The summed E-state index contributed by atoms with van der Waals surface area (Å²) < 4.78 is 0. The Morgan fingerprint density at radius 3 is 2.89 bits per heavy atom. The van der Waals surface area contributed by atoms with Crippen LogP contribution in [0.5, 0.6) is 0 Å². The largest absolute Gasteiger partial charge is 0.340 e. The fourth-order valence-electron chi connectivity index (χ4n) is 3.21. The van der Waals surface area contributed by atoms with Crippen LogP contribution in [-0.2, 0) is 0 Å². The quantitative estimate of drug-likeness (QED) is 0.767. The van der Waals surface area contributed by atoms with Crippen molar-refractivity contribution < 1.29 is 0 Å². The van der Waals surface area contributed by atoms with Gasteiger partial charge in [0.25, 0.3) is 0 Å². The number of pyridine rings is 1. The SMILES string of the molecule is c1cc2cnc(N3CCC4(CCC4)C3)nc2cn1. The number of anilines is 1. The van der Waals surface area contributed by atoms with Crippen molar-refractivity contribution in [2.24, 2.45) is 5.41 Å². The minimum atomic E-state index is 0.591. The van der Waals surface area contributed by atoms with Gasteiger partial charge in [-0.25, -0.2) is 9.97 Å². The molecule has 2 aromatic heterocycles. The molecular formula is C14H16N4. The van der Waals surface area contributed by atoms with Gasteiger partial charge >= 0.3 is 0 Å². The van der Waals surface area contributed by atoms with Crippen molar-refractivity contribution in [3.63, 3.8) is 0 Å². The van der Waals surface area contributed by atoms with Crippen LogP contribution in [0.4, 0.5) is 5.95 Å². The van der Waals surface area contributed by atoms with Crippen LogP contribution >= 0.6 is 0 Å². The van der Waals surface area contributed by atoms with Crippen LogP contribution in [0.15, 0.2) is 24.7 Å². The van der Waals surface area contributed by atoms with Crippen molar-refractivity contribution in [1.29, 1.82) is 0 Å². The van der Waals surface area contributed by atoms with Crippen molar-refractivity contribution in [3.8, 4) is 0 Å². The molecule has 2 aromatic rings. The first-order valence-corrected chi connectivity index (χ1v) is 6.67. The maximum atomic E-state index is 4.63. The molecule has 0 bridgehead atoms. The van der Waals surface area contributed by atoms with Gasteiger partial charge in [-0.2, -0.15) is 0 Å². The molecule has 4 nitrogen and oxygen atoms in total. The lowest BCUT2D eigenvalue weighted by Crippen LogP contribution is -2.33. The predicted octanol–water partition coefficient (Wildman–Crippen LogP) is 2.41. The molecular weight excluding hydrogens is 224 g/mol. The Kier molecular flexibility index (Phi) is 2.07. The third-order valence-electron chi connectivity index (χ3n) is 4.51. The Bertz CT molecular complexity index is 591. The zero-order valence-corrected chi connectivity index (χ0v) is 10.3. The molecule has 92 valence electrons. The van der Waals surface area contributed by atoms with Crippen molar-refractivity contribution in [2.75, 3.05) is 18.0 Å². The highest BCUT2D eigenvalue weighted by Crippen LogP contribution is 2.48. The number of rotatable bonds is 1. The minimum absolute atomic E-state index is 0.591. The average molecular weight is 240 g/mol. The number of nitrogens with zero attached hydrogens (tertiary/aromatic N) is 4. The molecule has 2 aliphatic rings. The van der Waals surface area contributed by atoms with Crippen LogP contribution in [0.1, 0.15) is 25.7 Å². The summed E-state index contributed by atoms with van der Waals surface area (Å²) in [4.78, 5) is 15.6. The molecule has 0 unspecified atom stereocenters. The minimum Gasteiger partial charge on any atom is -0.340 e. The average Bonchev–Trinajstić information content (AvgIpc) is 2.83. The number of aromatic nitrogens is 3. The van der Waals surface area contributed by atoms with Crippen LogP contribution in [0, 0.1) is 5.41 Å². The van der Waals surface area contributed by atoms with Gasteiger partial charge in [0.1, 0.15) is 0 Å². The maximum Gasteiger partial charge on any atom is 0.225 e. The molecule has 4 heteroatoms. The Morgan fingerprint density at radius 1 is 1.17 bits per heavy atom. The molecule has 1 saturated carbocycles. The van der Waals surface area contributed by atoms with E-state index in [9.17, 15) is 0 Å². The summed E-state index contributed by atoms with van der Waals surface area (Å²) >= 11 is 0. The molecule has 18 heavy (non-hydrogen) atoms. The van der Waals surface area contributed by atoms with Gasteiger partial charge in [0, 0.05) is 30.9 Å². The van der Waals surface area contributed by atoms with Crippen molar-refractivity contribution in [3.05, 3.63) is 24.7 Å². The zero-order valence-electron chi connectivity index (χ0n) is 10.3. The smallest absolute Gasteiger partial charge is 0.225 e. The molecule has 1 spiro atoms. The van der Waals surface area contributed by atoms with E-state index in [1.807, 2.05) is 18.5 Å². The summed E-state index contributed by atoms with van der Waals surface area (Å²) in [6.07, 6.45) is 11.0. The Morgan fingerprint density at radius 2 is 2.11 bits per heavy atom. The van der Waals surface area contributed by atoms with E-state index in [2.05, 4.69) is 19.9 Å². The second kappa shape index (κ2) is 3.64. The van der Waals surface area contributed by atoms with Gasteiger partial charge in [0.15, 0.2) is 0 Å². The Hall–Kier alpha value is -1.71. The molecule has 4 rings (SSSR count). The molecule has 0 radical (unpaired) electrons. The van der Waals surface area contributed by atoms with E-state index >= 15 is 0 Å². The van der Waals surface area contributed by atoms with Crippen molar-refractivity contribution in [2.45, 2.75) is 25.7 Å². The van der Waals surface area contributed by atoms with E-state index in [0.29, 0.717) is 5.41 Å². The van der Waals surface area contributed by atoms with Crippen LogP contribution in [0.25, 0.3) is 10.9 Å². The number of fused-ring (bicyclic) bond motifs is 1. The Balaban J connectivity index is 1.66. The lowest BCUT2D eigenvalue weighted by atomic mass is 9.68. The summed E-state index contributed by atoms with van der Waals surface area (Å²) in [7, 11) is 0. The van der Waals surface area contributed by atoms with E-state index < -0.39 is 0 Å². The highest BCUT2D eigenvalue weighted by Gasteiger charge is 2.43. The standard InChI is InChI=1S/C14H16N4/c1-3-14(4-1)5-7-18(10-14)13-16-8-11-2-6-15-9-12(11)17-13/h2,6,8-9H,1,3-5,7,10H2. The van der Waals surface area contributed by atoms with Crippen LogP contribution in [-0.4, -0.2) is 28.0 Å². The molecule has 0 atom stereocenters. The monoisotopic (exact) mass is 240 g/mol. The van der Waals surface area contributed by atoms with E-state index in [4.69, 9.17) is 0 Å². The lowest BCUT2D eigenvalue weighted by molar-refractivity contribution is 0.165. The summed E-state index contributed by atoms with van der Waals surface area (Å²) in [6.45, 7) is 2.24. The second-order valence-electron chi connectivity index (χ2n) is 5.63. The van der Waals surface area contributed by atoms with Gasteiger partial charge in [-0.3, -0.25) is 4.98 Å².